The number of halogens is 3. The van der Waals surface area contributed by atoms with Crippen molar-refractivity contribution >= 4 is 16.0 Å². The van der Waals surface area contributed by atoms with E-state index in [1.807, 2.05) is 0 Å². The Hall–Kier alpha value is -1.85. The van der Waals surface area contributed by atoms with Crippen LogP contribution in [-0.2, 0) is 21.3 Å². The number of methoxy groups -OCH3 is 1. The molecule has 0 saturated carbocycles. The Morgan fingerprint density at radius 1 is 1.22 bits per heavy atom. The number of alkyl halides is 3. The number of benzene rings is 1. The highest BCUT2D eigenvalue weighted by atomic mass is 32.2. The van der Waals surface area contributed by atoms with E-state index in [-0.39, 0.29) is 37.1 Å². The summed E-state index contributed by atoms with van der Waals surface area (Å²) in [5, 5.41) is 5.45. The smallest absolute Gasteiger partial charge is 0.383 e. The second-order valence-electron chi connectivity index (χ2n) is 5.53. The van der Waals surface area contributed by atoms with E-state index < -0.39 is 22.6 Å². The van der Waals surface area contributed by atoms with Crippen molar-refractivity contribution in [2.45, 2.75) is 31.0 Å². The molecule has 0 radical (unpaired) electrons. The minimum Gasteiger partial charge on any atom is -0.383 e. The largest absolute Gasteiger partial charge is 0.390 e. The molecular weight excluding hydrogens is 385 g/mol. The Kier molecular flexibility index (Phi) is 9.53. The fraction of sp³-hybridized carbons (Fsp3) is 0.562. The number of hydrogen-bond donors (Lipinski definition) is 3. The molecular formula is C16H25F3N4O3S. The first-order valence-electron chi connectivity index (χ1n) is 8.34. The van der Waals surface area contributed by atoms with E-state index in [0.717, 1.165) is 0 Å². The summed E-state index contributed by atoms with van der Waals surface area (Å²) in [5.41, 5.74) is 0.609. The monoisotopic (exact) mass is 410 g/mol. The number of ether oxygens (including phenoxy) is 1. The van der Waals surface area contributed by atoms with Crippen LogP contribution >= 0.6 is 0 Å². The first-order valence-corrected chi connectivity index (χ1v) is 9.82. The zero-order valence-corrected chi connectivity index (χ0v) is 16.1. The Labute approximate surface area is 157 Å². The van der Waals surface area contributed by atoms with E-state index in [9.17, 15) is 21.6 Å². The Bertz CT molecular complexity index is 709. The summed E-state index contributed by atoms with van der Waals surface area (Å²) in [4.78, 5) is 4.28. The van der Waals surface area contributed by atoms with Crippen molar-refractivity contribution in [2.75, 3.05) is 33.4 Å². The molecule has 0 fully saturated rings. The first-order chi connectivity index (χ1) is 12.7. The first kappa shape index (κ1) is 23.2. The summed E-state index contributed by atoms with van der Waals surface area (Å²) >= 11 is 0. The lowest BCUT2D eigenvalue weighted by Gasteiger charge is -2.12. The van der Waals surface area contributed by atoms with Gasteiger partial charge in [0.15, 0.2) is 5.96 Å². The highest BCUT2D eigenvalue weighted by Crippen LogP contribution is 2.18. The summed E-state index contributed by atoms with van der Waals surface area (Å²) in [5.74, 6) is 0.230. The predicted octanol–water partition coefficient (Wildman–Crippen LogP) is 1.62. The topological polar surface area (TPSA) is 91.8 Å². The van der Waals surface area contributed by atoms with Crippen molar-refractivity contribution in [2.24, 2.45) is 4.99 Å². The minimum atomic E-state index is -4.25. The van der Waals surface area contributed by atoms with Gasteiger partial charge in [0.2, 0.25) is 10.0 Å². The molecule has 0 unspecified atom stereocenters. The molecule has 11 heteroatoms. The average molecular weight is 410 g/mol. The molecule has 0 amide bonds. The molecule has 27 heavy (non-hydrogen) atoms. The molecule has 0 aliphatic heterocycles. The van der Waals surface area contributed by atoms with Gasteiger partial charge in [-0.25, -0.2) is 18.1 Å². The van der Waals surface area contributed by atoms with Crippen LogP contribution in [0.15, 0.2) is 34.2 Å². The molecule has 154 valence electrons. The van der Waals surface area contributed by atoms with Gasteiger partial charge in [0, 0.05) is 26.7 Å². The van der Waals surface area contributed by atoms with Crippen molar-refractivity contribution < 1.29 is 26.3 Å². The summed E-state index contributed by atoms with van der Waals surface area (Å²) < 4.78 is 68.3. The van der Waals surface area contributed by atoms with Crippen LogP contribution in [-0.4, -0.2) is 53.9 Å². The van der Waals surface area contributed by atoms with Crippen LogP contribution in [0.5, 0.6) is 0 Å². The second kappa shape index (κ2) is 11.1. The van der Waals surface area contributed by atoms with Crippen LogP contribution in [0.4, 0.5) is 13.2 Å². The van der Waals surface area contributed by atoms with Crippen molar-refractivity contribution in [1.82, 2.24) is 15.4 Å². The van der Waals surface area contributed by atoms with E-state index in [4.69, 9.17) is 4.74 Å². The third-order valence-corrected chi connectivity index (χ3v) is 4.73. The van der Waals surface area contributed by atoms with E-state index in [1.54, 1.807) is 19.1 Å². The lowest BCUT2D eigenvalue weighted by molar-refractivity contribution is -0.132. The summed E-state index contributed by atoms with van der Waals surface area (Å²) in [6, 6.07) is 6.20. The van der Waals surface area contributed by atoms with Gasteiger partial charge in [0.1, 0.15) is 0 Å². The maximum Gasteiger partial charge on any atom is 0.390 e. The zero-order valence-electron chi connectivity index (χ0n) is 15.3. The van der Waals surface area contributed by atoms with Crippen LogP contribution in [0, 0.1) is 0 Å². The van der Waals surface area contributed by atoms with Crippen molar-refractivity contribution in [3.8, 4) is 0 Å². The number of aliphatic imine (C=N–C) groups is 1. The van der Waals surface area contributed by atoms with Crippen LogP contribution in [0.2, 0.25) is 0 Å². The van der Waals surface area contributed by atoms with Crippen LogP contribution in [0.3, 0.4) is 0 Å². The number of nitrogens with one attached hydrogen (secondary N) is 3. The predicted molar refractivity (Wildman–Crippen MR) is 97.0 cm³/mol. The number of sulfonamides is 1. The Morgan fingerprint density at radius 2 is 1.96 bits per heavy atom. The quantitative estimate of drug-likeness (QED) is 0.310. The average Bonchev–Trinajstić information content (AvgIpc) is 2.59. The lowest BCUT2D eigenvalue weighted by Crippen LogP contribution is -2.38. The van der Waals surface area contributed by atoms with Crippen LogP contribution in [0.1, 0.15) is 18.9 Å². The van der Waals surface area contributed by atoms with Gasteiger partial charge >= 0.3 is 6.18 Å². The van der Waals surface area contributed by atoms with Gasteiger partial charge in [0.25, 0.3) is 0 Å². The van der Waals surface area contributed by atoms with Gasteiger partial charge < -0.3 is 15.4 Å². The van der Waals surface area contributed by atoms with E-state index in [1.165, 1.54) is 19.2 Å². The van der Waals surface area contributed by atoms with Gasteiger partial charge in [-0.05, 0) is 24.6 Å². The van der Waals surface area contributed by atoms with Crippen LogP contribution in [0.25, 0.3) is 0 Å². The van der Waals surface area contributed by atoms with Gasteiger partial charge in [-0.2, -0.15) is 13.2 Å². The van der Waals surface area contributed by atoms with Gasteiger partial charge in [-0.1, -0.05) is 12.1 Å². The van der Waals surface area contributed by atoms with Gasteiger partial charge in [-0.3, -0.25) is 0 Å². The maximum atomic E-state index is 12.2. The Balaban J connectivity index is 2.77. The van der Waals surface area contributed by atoms with Gasteiger partial charge in [0.05, 0.1) is 24.5 Å². The van der Waals surface area contributed by atoms with Gasteiger partial charge in [-0.15, -0.1) is 0 Å². The maximum absolute atomic E-state index is 12.2. The number of rotatable bonds is 10. The highest BCUT2D eigenvalue weighted by Gasteiger charge is 2.26. The molecule has 0 spiro atoms. The van der Waals surface area contributed by atoms with E-state index >= 15 is 0 Å². The minimum absolute atomic E-state index is 0.0846. The number of nitrogens with zero attached hydrogens (tertiary/aromatic N) is 1. The summed E-state index contributed by atoms with van der Waals surface area (Å²) in [6.45, 7) is 2.49. The lowest BCUT2D eigenvalue weighted by atomic mass is 10.2. The van der Waals surface area contributed by atoms with Crippen molar-refractivity contribution in [3.05, 3.63) is 29.8 Å². The Morgan fingerprint density at radius 3 is 2.59 bits per heavy atom. The fourth-order valence-corrected chi connectivity index (χ4v) is 3.09. The molecule has 7 nitrogen and oxygen atoms in total. The van der Waals surface area contributed by atoms with Crippen molar-refractivity contribution in [3.63, 3.8) is 0 Å². The van der Waals surface area contributed by atoms with E-state index in [2.05, 4.69) is 20.3 Å². The normalized spacial score (nSPS) is 12.9. The molecule has 0 aliphatic carbocycles. The molecule has 1 aromatic carbocycles. The summed E-state index contributed by atoms with van der Waals surface area (Å²) in [7, 11) is -2.20. The third-order valence-electron chi connectivity index (χ3n) is 3.27. The molecule has 3 N–H and O–H groups in total. The molecule has 0 atom stereocenters. The highest BCUT2D eigenvalue weighted by molar-refractivity contribution is 7.89. The zero-order chi connectivity index (χ0) is 20.3. The molecule has 0 aliphatic rings. The molecule has 0 heterocycles. The number of hydrogen-bond acceptors (Lipinski definition) is 4. The fourth-order valence-electron chi connectivity index (χ4n) is 2.01. The van der Waals surface area contributed by atoms with Crippen molar-refractivity contribution in [1.29, 1.82) is 0 Å². The third kappa shape index (κ3) is 9.59. The second-order valence-corrected chi connectivity index (χ2v) is 7.29. The SMILES string of the molecule is CCNC(=NCc1cccc(S(=O)(=O)NCCOC)c1)NCCC(F)(F)F. The molecule has 0 bridgehead atoms. The number of guanidine groups is 1. The standard InChI is InChI=1S/C16H25F3N4O3S/c1-3-20-15(21-8-7-16(17,18)19)22-12-13-5-4-6-14(11-13)27(24,25)23-9-10-26-2/h4-6,11,23H,3,7-10,12H2,1-2H3,(H2,20,21,22). The molecule has 0 aromatic heterocycles. The molecule has 0 saturated heterocycles. The van der Waals surface area contributed by atoms with E-state index in [0.29, 0.717) is 12.1 Å². The molecule has 1 rings (SSSR count). The molecule has 1 aromatic rings. The van der Waals surface area contributed by atoms with Crippen LogP contribution < -0.4 is 15.4 Å². The summed E-state index contributed by atoms with van der Waals surface area (Å²) in [6.07, 6.45) is -5.22.